The first-order chi connectivity index (χ1) is 6.77. The molecule has 0 aromatic carbocycles. The molecule has 1 aromatic rings. The zero-order valence-corrected chi connectivity index (χ0v) is 9.51. The van der Waals surface area contributed by atoms with Crippen molar-refractivity contribution in [2.45, 2.75) is 32.7 Å². The minimum absolute atomic E-state index is 0.479. The van der Waals surface area contributed by atoms with Crippen LogP contribution in [0.5, 0.6) is 0 Å². The van der Waals surface area contributed by atoms with Crippen LogP contribution in [0.4, 0.5) is 0 Å². The van der Waals surface area contributed by atoms with E-state index in [-0.39, 0.29) is 0 Å². The number of aromatic nitrogens is 1. The molecule has 1 atom stereocenters. The zero-order chi connectivity index (χ0) is 10.4. The number of nitrogens with one attached hydrogen (secondary N) is 1. The third-order valence-electron chi connectivity index (χ3n) is 2.26. The van der Waals surface area contributed by atoms with Crippen molar-refractivity contribution >= 4 is 11.6 Å². The number of hydrogen-bond donors (Lipinski definition) is 1. The highest BCUT2D eigenvalue weighted by atomic mass is 35.5. The Morgan fingerprint density at radius 3 is 2.86 bits per heavy atom. The maximum atomic E-state index is 6.04. The number of rotatable bonds is 5. The van der Waals surface area contributed by atoms with E-state index in [4.69, 9.17) is 11.6 Å². The first-order valence-electron chi connectivity index (χ1n) is 5.10. The van der Waals surface area contributed by atoms with E-state index in [2.05, 4.69) is 24.1 Å². The molecule has 1 unspecified atom stereocenters. The maximum Gasteiger partial charge on any atom is 0.0622 e. The lowest BCUT2D eigenvalue weighted by Crippen LogP contribution is -2.30. The van der Waals surface area contributed by atoms with Crippen LogP contribution in [0.3, 0.4) is 0 Å². The first-order valence-corrected chi connectivity index (χ1v) is 5.48. The predicted octanol–water partition coefficient (Wildman–Crippen LogP) is 2.67. The average Bonchev–Trinajstić information content (AvgIpc) is 2.20. The van der Waals surface area contributed by atoms with E-state index < -0.39 is 0 Å². The smallest absolute Gasteiger partial charge is 0.0622 e. The van der Waals surface area contributed by atoms with Gasteiger partial charge in [-0.3, -0.25) is 4.98 Å². The SMILES string of the molecule is CCNC(CC)Cc1ncccc1Cl. The molecule has 0 aliphatic rings. The fourth-order valence-corrected chi connectivity index (χ4v) is 1.65. The maximum absolute atomic E-state index is 6.04. The normalized spacial score (nSPS) is 12.8. The molecule has 14 heavy (non-hydrogen) atoms. The summed E-state index contributed by atoms with van der Waals surface area (Å²) >= 11 is 6.04. The molecule has 1 heterocycles. The van der Waals surface area contributed by atoms with Crippen LogP contribution < -0.4 is 5.32 Å². The van der Waals surface area contributed by atoms with E-state index in [9.17, 15) is 0 Å². The van der Waals surface area contributed by atoms with E-state index in [0.29, 0.717) is 6.04 Å². The van der Waals surface area contributed by atoms with Gasteiger partial charge in [0.05, 0.1) is 10.7 Å². The van der Waals surface area contributed by atoms with Gasteiger partial charge in [-0.1, -0.05) is 25.4 Å². The molecular formula is C11H17ClN2. The fourth-order valence-electron chi connectivity index (χ4n) is 1.45. The predicted molar refractivity (Wildman–Crippen MR) is 60.7 cm³/mol. The minimum atomic E-state index is 0.479. The van der Waals surface area contributed by atoms with E-state index >= 15 is 0 Å². The molecule has 0 aliphatic heterocycles. The van der Waals surface area contributed by atoms with Gasteiger partial charge in [-0.15, -0.1) is 0 Å². The van der Waals surface area contributed by atoms with Gasteiger partial charge in [0.25, 0.3) is 0 Å². The first kappa shape index (κ1) is 11.5. The molecule has 1 rings (SSSR count). The summed E-state index contributed by atoms with van der Waals surface area (Å²) in [5, 5.41) is 4.18. The molecule has 0 fully saturated rings. The van der Waals surface area contributed by atoms with Crippen LogP contribution in [0.15, 0.2) is 18.3 Å². The van der Waals surface area contributed by atoms with Crippen molar-refractivity contribution < 1.29 is 0 Å². The van der Waals surface area contributed by atoms with Crippen LogP contribution in [0, 0.1) is 0 Å². The van der Waals surface area contributed by atoms with Crippen molar-refractivity contribution in [2.75, 3.05) is 6.54 Å². The fraction of sp³-hybridized carbons (Fsp3) is 0.545. The Balaban J connectivity index is 2.62. The summed E-state index contributed by atoms with van der Waals surface area (Å²) in [4.78, 5) is 4.28. The van der Waals surface area contributed by atoms with Crippen molar-refractivity contribution in [3.05, 3.63) is 29.0 Å². The summed E-state index contributed by atoms with van der Waals surface area (Å²) in [5.41, 5.74) is 0.988. The lowest BCUT2D eigenvalue weighted by molar-refractivity contribution is 0.505. The van der Waals surface area contributed by atoms with Crippen LogP contribution in [0.2, 0.25) is 5.02 Å². The van der Waals surface area contributed by atoms with Crippen LogP contribution in [-0.2, 0) is 6.42 Å². The van der Waals surface area contributed by atoms with Gasteiger partial charge in [0.2, 0.25) is 0 Å². The second kappa shape index (κ2) is 5.99. The van der Waals surface area contributed by atoms with E-state index in [0.717, 1.165) is 30.1 Å². The molecule has 0 spiro atoms. The molecule has 0 saturated carbocycles. The second-order valence-corrected chi connectivity index (χ2v) is 3.71. The quantitative estimate of drug-likeness (QED) is 0.812. The Hall–Kier alpha value is -0.600. The molecule has 2 nitrogen and oxygen atoms in total. The van der Waals surface area contributed by atoms with Crippen molar-refractivity contribution in [2.24, 2.45) is 0 Å². The summed E-state index contributed by atoms with van der Waals surface area (Å²) in [7, 11) is 0. The topological polar surface area (TPSA) is 24.9 Å². The van der Waals surface area contributed by atoms with Gasteiger partial charge < -0.3 is 5.32 Å². The molecule has 1 aromatic heterocycles. The Morgan fingerprint density at radius 2 is 2.29 bits per heavy atom. The van der Waals surface area contributed by atoms with Gasteiger partial charge in [-0.25, -0.2) is 0 Å². The van der Waals surface area contributed by atoms with Gasteiger partial charge in [0.15, 0.2) is 0 Å². The largest absolute Gasteiger partial charge is 0.314 e. The average molecular weight is 213 g/mol. The third-order valence-corrected chi connectivity index (χ3v) is 2.60. The third kappa shape index (κ3) is 3.28. The lowest BCUT2D eigenvalue weighted by Gasteiger charge is -2.15. The summed E-state index contributed by atoms with van der Waals surface area (Å²) in [6.45, 7) is 5.27. The molecule has 78 valence electrons. The van der Waals surface area contributed by atoms with Crippen LogP contribution in [0.25, 0.3) is 0 Å². The van der Waals surface area contributed by atoms with Crippen LogP contribution in [0.1, 0.15) is 26.0 Å². The van der Waals surface area contributed by atoms with Crippen molar-refractivity contribution in [1.82, 2.24) is 10.3 Å². The van der Waals surface area contributed by atoms with Gasteiger partial charge >= 0.3 is 0 Å². The second-order valence-electron chi connectivity index (χ2n) is 3.30. The van der Waals surface area contributed by atoms with Crippen molar-refractivity contribution in [1.29, 1.82) is 0 Å². The number of halogens is 1. The standard InChI is InChI=1S/C11H17ClN2/c1-3-9(13-4-2)8-11-10(12)6-5-7-14-11/h5-7,9,13H,3-4,8H2,1-2H3. The van der Waals surface area contributed by atoms with E-state index in [1.54, 1.807) is 6.20 Å². The minimum Gasteiger partial charge on any atom is -0.314 e. The Kier molecular flexibility index (Phi) is 4.91. The number of hydrogen-bond acceptors (Lipinski definition) is 2. The molecule has 0 aliphatic carbocycles. The van der Waals surface area contributed by atoms with Crippen molar-refractivity contribution in [3.63, 3.8) is 0 Å². The molecule has 0 amide bonds. The summed E-state index contributed by atoms with van der Waals surface area (Å²) < 4.78 is 0. The van der Waals surface area contributed by atoms with E-state index in [1.165, 1.54) is 0 Å². The summed E-state index contributed by atoms with van der Waals surface area (Å²) in [5.74, 6) is 0. The number of pyridine rings is 1. The summed E-state index contributed by atoms with van der Waals surface area (Å²) in [6.07, 6.45) is 3.80. The van der Waals surface area contributed by atoms with Crippen LogP contribution >= 0.6 is 11.6 Å². The molecule has 1 N–H and O–H groups in total. The number of likely N-dealkylation sites (N-methyl/N-ethyl adjacent to an activating group) is 1. The molecule has 0 bridgehead atoms. The molecule has 0 radical (unpaired) electrons. The highest BCUT2D eigenvalue weighted by molar-refractivity contribution is 6.31. The van der Waals surface area contributed by atoms with Gasteiger partial charge in [-0.2, -0.15) is 0 Å². The highest BCUT2D eigenvalue weighted by Crippen LogP contribution is 2.14. The molecular weight excluding hydrogens is 196 g/mol. The van der Waals surface area contributed by atoms with Gasteiger partial charge in [0.1, 0.15) is 0 Å². The molecule has 3 heteroatoms. The molecule has 0 saturated heterocycles. The van der Waals surface area contributed by atoms with Crippen molar-refractivity contribution in [3.8, 4) is 0 Å². The zero-order valence-electron chi connectivity index (χ0n) is 8.76. The number of nitrogens with zero attached hydrogens (tertiary/aromatic N) is 1. The van der Waals surface area contributed by atoms with Gasteiger partial charge in [-0.05, 0) is 25.1 Å². The Bertz CT molecular complexity index is 276. The van der Waals surface area contributed by atoms with Gasteiger partial charge in [0, 0.05) is 18.7 Å². The Morgan fingerprint density at radius 1 is 1.50 bits per heavy atom. The Labute approximate surface area is 90.7 Å². The monoisotopic (exact) mass is 212 g/mol. The van der Waals surface area contributed by atoms with Crippen LogP contribution in [-0.4, -0.2) is 17.6 Å². The summed E-state index contributed by atoms with van der Waals surface area (Å²) in [6, 6.07) is 4.23. The van der Waals surface area contributed by atoms with E-state index in [1.807, 2.05) is 12.1 Å². The lowest BCUT2D eigenvalue weighted by atomic mass is 10.1. The highest BCUT2D eigenvalue weighted by Gasteiger charge is 2.08.